The summed E-state index contributed by atoms with van der Waals surface area (Å²) in [5, 5.41) is 2.31. The summed E-state index contributed by atoms with van der Waals surface area (Å²) in [6, 6.07) is 7.54. The van der Waals surface area contributed by atoms with Crippen LogP contribution < -0.4 is 10.1 Å². The monoisotopic (exact) mass is 405 g/mol. The van der Waals surface area contributed by atoms with Gasteiger partial charge in [-0.2, -0.15) is 0 Å². The number of benzene rings is 2. The molecular weight excluding hydrogens is 380 g/mol. The van der Waals surface area contributed by atoms with Gasteiger partial charge < -0.3 is 9.47 Å². The van der Waals surface area contributed by atoms with Crippen LogP contribution in [0.1, 0.15) is 50.5 Å². The smallest absolute Gasteiger partial charge is 0.412 e. The normalized spacial score (nSPS) is 11.7. The summed E-state index contributed by atoms with van der Waals surface area (Å²) in [6.45, 7) is 8.28. The summed E-state index contributed by atoms with van der Waals surface area (Å²) in [7, 11) is 1.43. The number of halogens is 2. The third-order valence-corrected chi connectivity index (χ3v) is 4.27. The average Bonchev–Trinajstić information content (AvgIpc) is 2.61. The molecule has 2 aromatic rings. The molecule has 2 aromatic carbocycles. The number of ketones is 1. The molecule has 0 saturated heterocycles. The van der Waals surface area contributed by atoms with E-state index in [1.807, 2.05) is 0 Å². The van der Waals surface area contributed by atoms with Crippen molar-refractivity contribution in [3.8, 4) is 5.75 Å². The number of carbonyl (C=O) groups excluding carboxylic acids is 2. The fourth-order valence-electron chi connectivity index (χ4n) is 2.83. The second-order valence-corrected chi connectivity index (χ2v) is 8.12. The van der Waals surface area contributed by atoms with Gasteiger partial charge in [0.15, 0.2) is 5.78 Å². The first-order valence-electron chi connectivity index (χ1n) is 9.03. The molecule has 0 aliphatic carbocycles. The maximum Gasteiger partial charge on any atom is 0.412 e. The number of carbonyl (C=O) groups is 2. The van der Waals surface area contributed by atoms with Crippen molar-refractivity contribution in [2.45, 2.75) is 45.6 Å². The Labute approximate surface area is 169 Å². The second kappa shape index (κ2) is 8.19. The van der Waals surface area contributed by atoms with Crippen molar-refractivity contribution in [3.63, 3.8) is 0 Å². The average molecular weight is 405 g/mol. The van der Waals surface area contributed by atoms with Gasteiger partial charge in [-0.1, -0.05) is 0 Å². The minimum Gasteiger partial charge on any atom is -0.496 e. The van der Waals surface area contributed by atoms with Gasteiger partial charge in [-0.3, -0.25) is 10.1 Å². The molecule has 1 amide bonds. The molecule has 0 atom stereocenters. The molecule has 29 heavy (non-hydrogen) atoms. The van der Waals surface area contributed by atoms with Crippen LogP contribution in [0.25, 0.3) is 0 Å². The Hall–Kier alpha value is -2.96. The molecular formula is C22H25F2NO4. The Bertz CT molecular complexity index is 933. The van der Waals surface area contributed by atoms with E-state index in [1.54, 1.807) is 34.6 Å². The number of methoxy groups -OCH3 is 1. The lowest BCUT2D eigenvalue weighted by Crippen LogP contribution is -2.30. The number of Topliss-reactive ketones (excluding diaryl/α,β-unsaturated/α-hetero) is 1. The number of hydrogen-bond acceptors (Lipinski definition) is 4. The van der Waals surface area contributed by atoms with Crippen LogP contribution in [0, 0.1) is 11.6 Å². The molecule has 0 unspecified atom stereocenters. The lowest BCUT2D eigenvalue weighted by atomic mass is 9.77. The van der Waals surface area contributed by atoms with Crippen molar-refractivity contribution < 1.29 is 27.8 Å². The minimum atomic E-state index is -1.17. The van der Waals surface area contributed by atoms with Gasteiger partial charge in [0.1, 0.15) is 23.0 Å². The summed E-state index contributed by atoms with van der Waals surface area (Å²) in [6.07, 6.45) is -0.841. The summed E-state index contributed by atoms with van der Waals surface area (Å²) in [5.41, 5.74) is -1.62. The van der Waals surface area contributed by atoms with Gasteiger partial charge in [0.05, 0.1) is 18.2 Å². The molecule has 0 fully saturated rings. The van der Waals surface area contributed by atoms with Crippen molar-refractivity contribution in [1.29, 1.82) is 0 Å². The highest BCUT2D eigenvalue weighted by Gasteiger charge is 2.34. The van der Waals surface area contributed by atoms with Gasteiger partial charge >= 0.3 is 6.09 Å². The van der Waals surface area contributed by atoms with Gasteiger partial charge in [-0.25, -0.2) is 13.6 Å². The Morgan fingerprint density at radius 1 is 0.966 bits per heavy atom. The maximum atomic E-state index is 14.2. The van der Waals surface area contributed by atoms with Gasteiger partial charge in [0, 0.05) is 11.1 Å². The van der Waals surface area contributed by atoms with Gasteiger partial charge in [0.2, 0.25) is 0 Å². The topological polar surface area (TPSA) is 64.6 Å². The van der Waals surface area contributed by atoms with E-state index in [2.05, 4.69) is 5.32 Å². The van der Waals surface area contributed by atoms with E-state index in [0.29, 0.717) is 11.3 Å². The highest BCUT2D eigenvalue weighted by Crippen LogP contribution is 2.35. The molecule has 2 rings (SSSR count). The van der Waals surface area contributed by atoms with E-state index in [9.17, 15) is 18.4 Å². The first-order valence-corrected chi connectivity index (χ1v) is 9.03. The van der Waals surface area contributed by atoms with Gasteiger partial charge in [-0.15, -0.1) is 0 Å². The van der Waals surface area contributed by atoms with Crippen LogP contribution in [0.4, 0.5) is 19.3 Å². The van der Waals surface area contributed by atoms with E-state index < -0.39 is 34.5 Å². The zero-order valence-corrected chi connectivity index (χ0v) is 17.4. The molecule has 0 spiro atoms. The fraction of sp³-hybridized carbons (Fsp3) is 0.364. The number of anilines is 1. The predicted octanol–water partition coefficient (Wildman–Crippen LogP) is 5.48. The molecule has 0 aliphatic heterocycles. The summed E-state index contributed by atoms with van der Waals surface area (Å²) >= 11 is 0. The first-order chi connectivity index (χ1) is 13.3. The van der Waals surface area contributed by atoms with Crippen molar-refractivity contribution in [2.24, 2.45) is 0 Å². The molecule has 0 radical (unpaired) electrons. The van der Waals surface area contributed by atoms with Crippen LogP contribution in [-0.2, 0) is 10.2 Å². The van der Waals surface area contributed by atoms with Crippen molar-refractivity contribution in [2.75, 3.05) is 12.4 Å². The van der Waals surface area contributed by atoms with Gasteiger partial charge in [-0.05, 0) is 71.0 Å². The van der Waals surface area contributed by atoms with E-state index in [4.69, 9.17) is 9.47 Å². The summed E-state index contributed by atoms with van der Waals surface area (Å²) in [4.78, 5) is 25.1. The third-order valence-electron chi connectivity index (χ3n) is 4.27. The highest BCUT2D eigenvalue weighted by atomic mass is 19.1. The van der Waals surface area contributed by atoms with E-state index in [-0.39, 0.29) is 11.3 Å². The molecule has 0 heterocycles. The van der Waals surface area contributed by atoms with Crippen LogP contribution in [0.5, 0.6) is 5.75 Å². The molecule has 156 valence electrons. The molecule has 0 bridgehead atoms. The Morgan fingerprint density at radius 2 is 1.62 bits per heavy atom. The highest BCUT2D eigenvalue weighted by molar-refractivity contribution is 6.05. The second-order valence-electron chi connectivity index (χ2n) is 8.12. The van der Waals surface area contributed by atoms with Crippen molar-refractivity contribution in [3.05, 3.63) is 59.2 Å². The lowest BCUT2D eigenvalue weighted by Gasteiger charge is -2.26. The largest absolute Gasteiger partial charge is 0.496 e. The number of nitrogens with one attached hydrogen (secondary N) is 1. The zero-order chi connectivity index (χ0) is 22.0. The molecule has 7 heteroatoms. The lowest BCUT2D eigenvalue weighted by molar-refractivity contribution is 0.0634. The van der Waals surface area contributed by atoms with Crippen LogP contribution in [0.3, 0.4) is 0 Å². The molecule has 1 N–H and O–H groups in total. The number of hydrogen-bond donors (Lipinski definition) is 1. The Kier molecular flexibility index (Phi) is 6.30. The summed E-state index contributed by atoms with van der Waals surface area (Å²) in [5.74, 6) is -1.26. The van der Waals surface area contributed by atoms with Crippen LogP contribution in [0.2, 0.25) is 0 Å². The zero-order valence-electron chi connectivity index (χ0n) is 17.4. The van der Waals surface area contributed by atoms with Crippen molar-refractivity contribution >= 4 is 17.6 Å². The third kappa shape index (κ3) is 5.31. The van der Waals surface area contributed by atoms with E-state index in [0.717, 1.165) is 6.07 Å². The molecule has 0 saturated carbocycles. The quantitative estimate of drug-likeness (QED) is 0.669. The molecule has 5 nitrogen and oxygen atoms in total. The molecule has 0 aromatic heterocycles. The summed E-state index contributed by atoms with van der Waals surface area (Å²) < 4.78 is 38.3. The molecule has 0 aliphatic rings. The first kappa shape index (κ1) is 22.3. The van der Waals surface area contributed by atoms with Gasteiger partial charge in [0.25, 0.3) is 0 Å². The van der Waals surface area contributed by atoms with E-state index in [1.165, 1.54) is 37.4 Å². The van der Waals surface area contributed by atoms with Crippen LogP contribution >= 0.6 is 0 Å². The Morgan fingerprint density at radius 3 is 2.21 bits per heavy atom. The van der Waals surface area contributed by atoms with Crippen LogP contribution in [0.15, 0.2) is 36.4 Å². The SMILES string of the molecule is COc1ccc(F)cc1C(C)(C)C(=O)c1ccc(F)c(NC(=O)OC(C)(C)C)c1. The number of ether oxygens (including phenoxy) is 2. The van der Waals surface area contributed by atoms with Crippen molar-refractivity contribution in [1.82, 2.24) is 0 Å². The standard InChI is InChI=1S/C22H25F2NO4/c1-21(2,3)29-20(27)25-17-11-13(7-9-16(17)24)19(26)22(4,5)15-12-14(23)8-10-18(15)28-6/h7-12H,1-6H3,(H,25,27). The number of amides is 1. The Balaban J connectivity index is 2.38. The number of rotatable bonds is 5. The maximum absolute atomic E-state index is 14.2. The predicted molar refractivity (Wildman–Crippen MR) is 107 cm³/mol. The minimum absolute atomic E-state index is 0.147. The fourth-order valence-corrected chi connectivity index (χ4v) is 2.83. The van der Waals surface area contributed by atoms with Crippen LogP contribution in [-0.4, -0.2) is 24.6 Å². The van der Waals surface area contributed by atoms with E-state index >= 15 is 0 Å².